The zero-order valence-electron chi connectivity index (χ0n) is 13.3. The lowest BCUT2D eigenvalue weighted by molar-refractivity contribution is -0.146. The van der Waals surface area contributed by atoms with Gasteiger partial charge in [0.1, 0.15) is 6.61 Å². The molecule has 25 heavy (non-hydrogen) atoms. The van der Waals surface area contributed by atoms with Gasteiger partial charge < -0.3 is 9.47 Å². The molecule has 0 spiro atoms. The lowest BCUT2D eigenvalue weighted by Crippen LogP contribution is -2.15. The van der Waals surface area contributed by atoms with Gasteiger partial charge in [-0.25, -0.2) is 9.59 Å². The van der Waals surface area contributed by atoms with Crippen molar-refractivity contribution in [1.82, 2.24) is 20.2 Å². The Morgan fingerprint density at radius 3 is 2.68 bits per heavy atom. The molecule has 0 radical (unpaired) electrons. The number of tetrazole rings is 1. The average Bonchev–Trinajstić information content (AvgIpc) is 3.31. The van der Waals surface area contributed by atoms with Crippen molar-refractivity contribution in [3.8, 4) is 11.4 Å². The van der Waals surface area contributed by atoms with Gasteiger partial charge in [0.15, 0.2) is 6.54 Å². The normalized spacial score (nSPS) is 10.4. The number of hydrogen-bond acceptors (Lipinski definition) is 8. The number of esters is 2. The molecule has 0 atom stereocenters. The maximum Gasteiger partial charge on any atom is 0.337 e. The first-order chi connectivity index (χ1) is 12.2. The van der Waals surface area contributed by atoms with Gasteiger partial charge in [-0.1, -0.05) is 12.1 Å². The van der Waals surface area contributed by atoms with E-state index in [9.17, 15) is 9.59 Å². The third kappa shape index (κ3) is 4.27. The third-order valence-corrected chi connectivity index (χ3v) is 3.96. The van der Waals surface area contributed by atoms with Gasteiger partial charge in [0.2, 0.25) is 5.82 Å². The molecule has 8 nitrogen and oxygen atoms in total. The van der Waals surface area contributed by atoms with Crippen molar-refractivity contribution in [2.75, 3.05) is 7.11 Å². The van der Waals surface area contributed by atoms with Crippen molar-refractivity contribution in [1.29, 1.82) is 0 Å². The molecule has 0 unspecified atom stereocenters. The van der Waals surface area contributed by atoms with Crippen LogP contribution in [0.3, 0.4) is 0 Å². The summed E-state index contributed by atoms with van der Waals surface area (Å²) < 4.78 is 9.80. The highest BCUT2D eigenvalue weighted by molar-refractivity contribution is 7.08. The fourth-order valence-electron chi connectivity index (χ4n) is 2.00. The number of aromatic nitrogens is 4. The van der Waals surface area contributed by atoms with Crippen LogP contribution >= 0.6 is 11.3 Å². The molecular weight excluding hydrogens is 344 g/mol. The molecule has 0 bridgehead atoms. The molecule has 9 heteroatoms. The highest BCUT2D eigenvalue weighted by Gasteiger charge is 2.11. The molecule has 1 aromatic carbocycles. The smallest absolute Gasteiger partial charge is 0.337 e. The molecule has 0 aliphatic carbocycles. The molecule has 3 rings (SSSR count). The van der Waals surface area contributed by atoms with Gasteiger partial charge in [-0.2, -0.15) is 16.1 Å². The zero-order valence-corrected chi connectivity index (χ0v) is 14.1. The molecule has 0 amide bonds. The molecule has 0 N–H and O–H groups in total. The van der Waals surface area contributed by atoms with E-state index in [1.165, 1.54) is 23.2 Å². The number of rotatable bonds is 6. The number of nitrogens with zero attached hydrogens (tertiary/aromatic N) is 4. The average molecular weight is 358 g/mol. The van der Waals surface area contributed by atoms with E-state index in [1.54, 1.807) is 24.3 Å². The molecule has 0 saturated carbocycles. The number of carbonyl (C=O) groups is 2. The summed E-state index contributed by atoms with van der Waals surface area (Å²) in [5, 5.41) is 15.7. The number of methoxy groups -OCH3 is 1. The Morgan fingerprint density at radius 2 is 2.00 bits per heavy atom. The largest absolute Gasteiger partial charge is 0.465 e. The van der Waals surface area contributed by atoms with Gasteiger partial charge in [-0.15, -0.1) is 10.2 Å². The quantitative estimate of drug-likeness (QED) is 0.621. The van der Waals surface area contributed by atoms with Crippen molar-refractivity contribution < 1.29 is 19.1 Å². The summed E-state index contributed by atoms with van der Waals surface area (Å²) in [4.78, 5) is 24.4. The monoisotopic (exact) mass is 358 g/mol. The van der Waals surface area contributed by atoms with Gasteiger partial charge >= 0.3 is 11.9 Å². The molecule has 2 aromatic heterocycles. The van der Waals surface area contributed by atoms with Crippen LogP contribution in [0.4, 0.5) is 0 Å². The molecule has 2 heterocycles. The highest BCUT2D eigenvalue weighted by Crippen LogP contribution is 2.16. The van der Waals surface area contributed by atoms with Gasteiger partial charge in [0.05, 0.1) is 12.7 Å². The Hall–Kier alpha value is -3.07. The van der Waals surface area contributed by atoms with Crippen molar-refractivity contribution in [3.05, 3.63) is 52.2 Å². The lowest BCUT2D eigenvalue weighted by atomic mass is 10.1. The van der Waals surface area contributed by atoms with Crippen molar-refractivity contribution in [2.45, 2.75) is 13.2 Å². The van der Waals surface area contributed by atoms with Gasteiger partial charge in [0, 0.05) is 10.9 Å². The first kappa shape index (κ1) is 16.8. The standard InChI is InChI=1S/C16H14N4O4S/c1-23-16(22)12-4-2-11(3-5-12)9-24-14(21)8-20-18-15(17-19-20)13-6-7-25-10-13/h2-7,10H,8-9H2,1H3. The second-order valence-corrected chi connectivity index (χ2v) is 5.78. The summed E-state index contributed by atoms with van der Waals surface area (Å²) in [5.41, 5.74) is 2.05. The van der Waals surface area contributed by atoms with E-state index in [-0.39, 0.29) is 13.2 Å². The Morgan fingerprint density at radius 1 is 1.20 bits per heavy atom. The van der Waals surface area contributed by atoms with Crippen LogP contribution in [0.5, 0.6) is 0 Å². The van der Waals surface area contributed by atoms with Crippen LogP contribution < -0.4 is 0 Å². The van der Waals surface area contributed by atoms with Gasteiger partial charge in [-0.3, -0.25) is 0 Å². The molecular formula is C16H14N4O4S. The summed E-state index contributed by atoms with van der Waals surface area (Å²) in [6.07, 6.45) is 0. The van der Waals surface area contributed by atoms with Gasteiger partial charge in [0.25, 0.3) is 0 Å². The topological polar surface area (TPSA) is 96.2 Å². The van der Waals surface area contributed by atoms with Crippen LogP contribution in [0.2, 0.25) is 0 Å². The minimum Gasteiger partial charge on any atom is -0.465 e. The van der Waals surface area contributed by atoms with E-state index in [1.807, 2.05) is 16.8 Å². The van der Waals surface area contributed by atoms with Crippen LogP contribution in [-0.4, -0.2) is 39.3 Å². The van der Waals surface area contributed by atoms with Crippen LogP contribution in [0.15, 0.2) is 41.1 Å². The molecule has 3 aromatic rings. The Balaban J connectivity index is 1.52. The van der Waals surface area contributed by atoms with E-state index in [2.05, 4.69) is 20.1 Å². The summed E-state index contributed by atoms with van der Waals surface area (Å²) in [7, 11) is 1.32. The fourth-order valence-corrected chi connectivity index (χ4v) is 2.63. The summed E-state index contributed by atoms with van der Waals surface area (Å²) in [6.45, 7) is -0.0379. The van der Waals surface area contributed by atoms with Crippen LogP contribution in [-0.2, 0) is 27.4 Å². The highest BCUT2D eigenvalue weighted by atomic mass is 32.1. The summed E-state index contributed by atoms with van der Waals surface area (Å²) in [5.74, 6) is -0.430. The van der Waals surface area contributed by atoms with E-state index in [0.29, 0.717) is 11.4 Å². The second kappa shape index (κ2) is 7.67. The number of hydrogen-bond donors (Lipinski definition) is 0. The van der Waals surface area contributed by atoms with Crippen LogP contribution in [0, 0.1) is 0 Å². The molecule has 0 aliphatic rings. The Kier molecular flexibility index (Phi) is 5.14. The first-order valence-electron chi connectivity index (χ1n) is 7.29. The third-order valence-electron chi connectivity index (χ3n) is 3.28. The number of benzene rings is 1. The predicted octanol–water partition coefficient (Wildman–Crippen LogP) is 1.93. The van der Waals surface area contributed by atoms with E-state index >= 15 is 0 Å². The number of carbonyl (C=O) groups excluding carboxylic acids is 2. The maximum absolute atomic E-state index is 11.9. The molecule has 0 aliphatic heterocycles. The summed E-state index contributed by atoms with van der Waals surface area (Å²) in [6, 6.07) is 8.49. The minimum absolute atomic E-state index is 0.0897. The Bertz CT molecular complexity index is 859. The predicted molar refractivity (Wildman–Crippen MR) is 88.7 cm³/mol. The summed E-state index contributed by atoms with van der Waals surface area (Å²) >= 11 is 1.53. The molecule has 128 valence electrons. The van der Waals surface area contributed by atoms with Crippen molar-refractivity contribution in [2.24, 2.45) is 0 Å². The van der Waals surface area contributed by atoms with E-state index in [4.69, 9.17) is 4.74 Å². The second-order valence-electron chi connectivity index (χ2n) is 5.00. The van der Waals surface area contributed by atoms with Gasteiger partial charge in [-0.05, 0) is 34.4 Å². The zero-order chi connectivity index (χ0) is 17.6. The van der Waals surface area contributed by atoms with Crippen molar-refractivity contribution >= 4 is 23.3 Å². The Labute approximate surface area is 147 Å². The molecule has 0 saturated heterocycles. The van der Waals surface area contributed by atoms with Crippen LogP contribution in [0.1, 0.15) is 15.9 Å². The lowest BCUT2D eigenvalue weighted by Gasteiger charge is -2.05. The fraction of sp³-hybridized carbons (Fsp3) is 0.188. The SMILES string of the molecule is COC(=O)c1ccc(COC(=O)Cn2nnc(-c3ccsc3)n2)cc1. The van der Waals surface area contributed by atoms with Crippen molar-refractivity contribution in [3.63, 3.8) is 0 Å². The number of ether oxygens (including phenoxy) is 2. The first-order valence-corrected chi connectivity index (χ1v) is 8.23. The van der Waals surface area contributed by atoms with E-state index in [0.717, 1.165) is 11.1 Å². The minimum atomic E-state index is -0.480. The van der Waals surface area contributed by atoms with E-state index < -0.39 is 11.9 Å². The molecule has 0 fully saturated rings. The van der Waals surface area contributed by atoms with Crippen LogP contribution in [0.25, 0.3) is 11.4 Å². The number of thiophene rings is 1. The maximum atomic E-state index is 11.9.